The highest BCUT2D eigenvalue weighted by molar-refractivity contribution is 5.47. The highest BCUT2D eigenvalue weighted by Gasteiger charge is 2.31. The van der Waals surface area contributed by atoms with Gasteiger partial charge in [0.25, 0.3) is 0 Å². The average molecular weight is 248 g/mol. The molecule has 1 aromatic heterocycles. The van der Waals surface area contributed by atoms with Crippen molar-refractivity contribution < 1.29 is 0 Å². The first-order valence-electron chi connectivity index (χ1n) is 6.95. The lowest BCUT2D eigenvalue weighted by molar-refractivity contribution is 0.180. The summed E-state index contributed by atoms with van der Waals surface area (Å²) in [6, 6.07) is 1.99. The maximum Gasteiger partial charge on any atom is 0.133 e. The van der Waals surface area contributed by atoms with Crippen molar-refractivity contribution in [2.24, 2.45) is 5.41 Å². The van der Waals surface area contributed by atoms with Gasteiger partial charge in [-0.2, -0.15) is 0 Å². The van der Waals surface area contributed by atoms with Crippen molar-refractivity contribution in [3.63, 3.8) is 0 Å². The fourth-order valence-electron chi connectivity index (χ4n) is 2.31. The monoisotopic (exact) mass is 248 g/mol. The molecule has 1 aliphatic carbocycles. The molecule has 0 aliphatic heterocycles. The van der Waals surface area contributed by atoms with Crippen LogP contribution in [-0.4, -0.2) is 23.6 Å². The van der Waals surface area contributed by atoms with Gasteiger partial charge in [0, 0.05) is 26.1 Å². The molecule has 100 valence electrons. The smallest absolute Gasteiger partial charge is 0.133 e. The van der Waals surface area contributed by atoms with E-state index in [0.717, 1.165) is 36.8 Å². The summed E-state index contributed by atoms with van der Waals surface area (Å²) in [4.78, 5) is 9.03. The predicted molar refractivity (Wildman–Crippen MR) is 76.0 cm³/mol. The second-order valence-corrected chi connectivity index (χ2v) is 5.57. The summed E-state index contributed by atoms with van der Waals surface area (Å²) in [7, 11) is 1.90. The minimum atomic E-state index is 0.468. The Morgan fingerprint density at radius 3 is 2.56 bits per heavy atom. The number of anilines is 2. The topological polar surface area (TPSA) is 49.8 Å². The van der Waals surface area contributed by atoms with Gasteiger partial charge in [0.15, 0.2) is 0 Å². The molecule has 18 heavy (non-hydrogen) atoms. The van der Waals surface area contributed by atoms with Gasteiger partial charge in [-0.3, -0.25) is 0 Å². The lowest BCUT2D eigenvalue weighted by atomic mass is 9.70. The number of aryl methyl sites for hydroxylation is 1. The molecule has 2 rings (SSSR count). The zero-order chi connectivity index (χ0) is 13.0. The molecule has 0 atom stereocenters. The van der Waals surface area contributed by atoms with Crippen molar-refractivity contribution in [1.29, 1.82) is 0 Å². The van der Waals surface area contributed by atoms with E-state index in [2.05, 4.69) is 34.4 Å². The molecule has 0 bridgehead atoms. The van der Waals surface area contributed by atoms with Gasteiger partial charge < -0.3 is 10.6 Å². The third-order valence-corrected chi connectivity index (χ3v) is 3.76. The van der Waals surface area contributed by atoms with Gasteiger partial charge in [0.1, 0.15) is 17.5 Å². The van der Waals surface area contributed by atoms with Crippen molar-refractivity contribution >= 4 is 11.6 Å². The van der Waals surface area contributed by atoms with Gasteiger partial charge >= 0.3 is 0 Å². The third kappa shape index (κ3) is 3.12. The Morgan fingerprint density at radius 1 is 1.28 bits per heavy atom. The summed E-state index contributed by atoms with van der Waals surface area (Å²) in [5.41, 5.74) is 0.468. The van der Waals surface area contributed by atoms with Crippen molar-refractivity contribution in [1.82, 2.24) is 9.97 Å². The summed E-state index contributed by atoms with van der Waals surface area (Å²) in [6.07, 6.45) is 6.02. The van der Waals surface area contributed by atoms with Crippen LogP contribution in [0.25, 0.3) is 0 Å². The normalized spacial score (nSPS) is 17.1. The standard InChI is InChI=1S/C14H24N4/c1-4-6-11-17-12(15-3)9-13(18-11)16-10-14(2)7-5-8-14/h9H,4-8,10H2,1-3H3,(H2,15,16,17,18). The van der Waals surface area contributed by atoms with Crippen LogP contribution in [0.2, 0.25) is 0 Å². The fraction of sp³-hybridized carbons (Fsp3) is 0.714. The summed E-state index contributed by atoms with van der Waals surface area (Å²) in [5.74, 6) is 2.77. The molecule has 0 saturated heterocycles. The molecule has 0 unspecified atom stereocenters. The Bertz CT molecular complexity index is 399. The van der Waals surface area contributed by atoms with Crippen LogP contribution in [0.3, 0.4) is 0 Å². The second-order valence-electron chi connectivity index (χ2n) is 5.57. The van der Waals surface area contributed by atoms with Crippen molar-refractivity contribution in [3.8, 4) is 0 Å². The number of nitrogens with one attached hydrogen (secondary N) is 2. The van der Waals surface area contributed by atoms with Crippen LogP contribution < -0.4 is 10.6 Å². The van der Waals surface area contributed by atoms with E-state index in [1.54, 1.807) is 0 Å². The van der Waals surface area contributed by atoms with Crippen molar-refractivity contribution in [3.05, 3.63) is 11.9 Å². The van der Waals surface area contributed by atoms with E-state index in [9.17, 15) is 0 Å². The van der Waals surface area contributed by atoms with E-state index in [1.807, 2.05) is 13.1 Å². The highest BCUT2D eigenvalue weighted by Crippen LogP contribution is 2.40. The van der Waals surface area contributed by atoms with Gasteiger partial charge in [-0.15, -0.1) is 0 Å². The van der Waals surface area contributed by atoms with E-state index in [4.69, 9.17) is 0 Å². The Hall–Kier alpha value is -1.32. The average Bonchev–Trinajstić information content (AvgIpc) is 2.34. The summed E-state index contributed by atoms with van der Waals surface area (Å²) in [5, 5.41) is 6.57. The Labute approximate surface area is 110 Å². The first-order chi connectivity index (χ1) is 8.65. The van der Waals surface area contributed by atoms with Crippen LogP contribution in [-0.2, 0) is 6.42 Å². The van der Waals surface area contributed by atoms with E-state index >= 15 is 0 Å². The number of aromatic nitrogens is 2. The van der Waals surface area contributed by atoms with Crippen LogP contribution in [0.5, 0.6) is 0 Å². The Morgan fingerprint density at radius 2 is 2.00 bits per heavy atom. The van der Waals surface area contributed by atoms with Crippen LogP contribution in [0.1, 0.15) is 45.4 Å². The molecule has 1 aromatic rings. The Balaban J connectivity index is 2.03. The van der Waals surface area contributed by atoms with Gasteiger partial charge in [-0.25, -0.2) is 9.97 Å². The quantitative estimate of drug-likeness (QED) is 0.812. The summed E-state index contributed by atoms with van der Waals surface area (Å²) in [6.45, 7) is 5.51. The maximum absolute atomic E-state index is 4.57. The number of nitrogens with zero attached hydrogens (tertiary/aromatic N) is 2. The van der Waals surface area contributed by atoms with Crippen molar-refractivity contribution in [2.45, 2.75) is 46.0 Å². The molecule has 0 radical (unpaired) electrons. The van der Waals surface area contributed by atoms with E-state index in [0.29, 0.717) is 5.41 Å². The van der Waals surface area contributed by atoms with Crippen LogP contribution >= 0.6 is 0 Å². The van der Waals surface area contributed by atoms with Gasteiger partial charge in [-0.05, 0) is 24.7 Å². The molecule has 2 N–H and O–H groups in total. The molecular formula is C14H24N4. The van der Waals surface area contributed by atoms with Gasteiger partial charge in [0.05, 0.1) is 0 Å². The molecular weight excluding hydrogens is 224 g/mol. The molecule has 0 amide bonds. The first kappa shape index (κ1) is 13.1. The van der Waals surface area contributed by atoms with Crippen molar-refractivity contribution in [2.75, 3.05) is 24.2 Å². The second kappa shape index (κ2) is 5.55. The molecule has 1 aliphatic rings. The van der Waals surface area contributed by atoms with Gasteiger partial charge in [-0.1, -0.05) is 20.3 Å². The van der Waals surface area contributed by atoms with Crippen LogP contribution in [0.15, 0.2) is 6.07 Å². The number of rotatable bonds is 6. The number of hydrogen-bond acceptors (Lipinski definition) is 4. The molecule has 0 aromatic carbocycles. The molecule has 1 heterocycles. The minimum Gasteiger partial charge on any atom is -0.373 e. The minimum absolute atomic E-state index is 0.468. The van der Waals surface area contributed by atoms with E-state index in [1.165, 1.54) is 19.3 Å². The number of hydrogen-bond donors (Lipinski definition) is 2. The molecule has 1 fully saturated rings. The van der Waals surface area contributed by atoms with E-state index < -0.39 is 0 Å². The molecule has 0 spiro atoms. The molecule has 4 heteroatoms. The predicted octanol–water partition coefficient (Wildman–Crippen LogP) is 3.07. The lowest BCUT2D eigenvalue weighted by Gasteiger charge is -2.38. The van der Waals surface area contributed by atoms with Crippen LogP contribution in [0, 0.1) is 5.41 Å². The highest BCUT2D eigenvalue weighted by atomic mass is 15.1. The van der Waals surface area contributed by atoms with Crippen LogP contribution in [0.4, 0.5) is 11.6 Å². The maximum atomic E-state index is 4.57. The van der Waals surface area contributed by atoms with E-state index in [-0.39, 0.29) is 0 Å². The molecule has 4 nitrogen and oxygen atoms in total. The summed E-state index contributed by atoms with van der Waals surface area (Å²) >= 11 is 0. The fourth-order valence-corrected chi connectivity index (χ4v) is 2.31. The lowest BCUT2D eigenvalue weighted by Crippen LogP contribution is -2.33. The first-order valence-corrected chi connectivity index (χ1v) is 6.95. The SMILES string of the molecule is CCCc1nc(NC)cc(NCC2(C)CCC2)n1. The third-order valence-electron chi connectivity index (χ3n) is 3.76. The largest absolute Gasteiger partial charge is 0.373 e. The van der Waals surface area contributed by atoms with Gasteiger partial charge in [0.2, 0.25) is 0 Å². The summed E-state index contributed by atoms with van der Waals surface area (Å²) < 4.78 is 0. The molecule has 1 saturated carbocycles. The Kier molecular flexibility index (Phi) is 4.04. The zero-order valence-electron chi connectivity index (χ0n) is 11.7. The zero-order valence-corrected chi connectivity index (χ0v) is 11.7.